The highest BCUT2D eigenvalue weighted by Gasteiger charge is 2.16. The number of nitrogens with one attached hydrogen (secondary N) is 1. The van der Waals surface area contributed by atoms with Crippen molar-refractivity contribution in [3.63, 3.8) is 0 Å². The summed E-state index contributed by atoms with van der Waals surface area (Å²) < 4.78 is 26.4. The second kappa shape index (κ2) is 7.34. The Kier molecular flexibility index (Phi) is 5.46. The molecule has 0 amide bonds. The van der Waals surface area contributed by atoms with Gasteiger partial charge in [0.15, 0.2) is 0 Å². The summed E-state index contributed by atoms with van der Waals surface area (Å²) >= 11 is 0. The SMILES string of the molecule is CCON=C(C)c1ccc(S(=O)(=O)NC)cc1-c1ccncc1. The summed E-state index contributed by atoms with van der Waals surface area (Å²) in [5.74, 6) is 0. The van der Waals surface area contributed by atoms with Crippen molar-refractivity contribution in [2.75, 3.05) is 13.7 Å². The Morgan fingerprint density at radius 1 is 1.26 bits per heavy atom. The van der Waals surface area contributed by atoms with Crippen molar-refractivity contribution in [2.24, 2.45) is 5.16 Å². The first-order valence-corrected chi connectivity index (χ1v) is 8.63. The summed E-state index contributed by atoms with van der Waals surface area (Å²) in [7, 11) is -2.14. The number of hydrogen-bond acceptors (Lipinski definition) is 5. The minimum absolute atomic E-state index is 0.194. The predicted molar refractivity (Wildman–Crippen MR) is 89.8 cm³/mol. The van der Waals surface area contributed by atoms with Crippen LogP contribution in [0.5, 0.6) is 0 Å². The zero-order chi connectivity index (χ0) is 16.9. The van der Waals surface area contributed by atoms with E-state index in [-0.39, 0.29) is 4.90 Å². The number of nitrogens with zero attached hydrogens (tertiary/aromatic N) is 2. The third-order valence-electron chi connectivity index (χ3n) is 3.28. The van der Waals surface area contributed by atoms with E-state index in [1.807, 2.05) is 26.0 Å². The van der Waals surface area contributed by atoms with Crippen molar-refractivity contribution in [1.82, 2.24) is 9.71 Å². The minimum Gasteiger partial charge on any atom is -0.396 e. The van der Waals surface area contributed by atoms with Crippen molar-refractivity contribution in [3.8, 4) is 11.1 Å². The number of benzene rings is 1. The molecule has 1 N–H and O–H groups in total. The fourth-order valence-corrected chi connectivity index (χ4v) is 2.86. The molecule has 2 rings (SSSR count). The second-order valence-corrected chi connectivity index (χ2v) is 6.63. The minimum atomic E-state index is -3.52. The molecular weight excluding hydrogens is 314 g/mol. The molecule has 0 aliphatic heterocycles. The van der Waals surface area contributed by atoms with Gasteiger partial charge >= 0.3 is 0 Å². The third-order valence-corrected chi connectivity index (χ3v) is 4.69. The summed E-state index contributed by atoms with van der Waals surface area (Å²) in [5.41, 5.74) is 3.09. The van der Waals surface area contributed by atoms with Crippen LogP contribution in [0.15, 0.2) is 52.8 Å². The van der Waals surface area contributed by atoms with E-state index in [0.717, 1.165) is 16.7 Å². The van der Waals surface area contributed by atoms with Gasteiger partial charge in [0.05, 0.1) is 10.6 Å². The Morgan fingerprint density at radius 2 is 1.96 bits per heavy atom. The van der Waals surface area contributed by atoms with Gasteiger partial charge in [-0.2, -0.15) is 0 Å². The molecular formula is C16H19N3O3S. The highest BCUT2D eigenvalue weighted by Crippen LogP contribution is 2.27. The quantitative estimate of drug-likeness (QED) is 0.650. The molecule has 122 valence electrons. The van der Waals surface area contributed by atoms with Gasteiger partial charge in [0.1, 0.15) is 6.61 Å². The average molecular weight is 333 g/mol. The van der Waals surface area contributed by atoms with Gasteiger partial charge in [-0.25, -0.2) is 13.1 Å². The van der Waals surface area contributed by atoms with Gasteiger partial charge in [-0.15, -0.1) is 0 Å². The Morgan fingerprint density at radius 3 is 2.57 bits per heavy atom. The van der Waals surface area contributed by atoms with Crippen molar-refractivity contribution < 1.29 is 13.3 Å². The van der Waals surface area contributed by atoms with Gasteiger partial charge in [-0.3, -0.25) is 4.98 Å². The zero-order valence-corrected chi connectivity index (χ0v) is 14.1. The molecule has 1 heterocycles. The Bertz CT molecular complexity index is 803. The van der Waals surface area contributed by atoms with E-state index >= 15 is 0 Å². The lowest BCUT2D eigenvalue weighted by atomic mass is 9.98. The standard InChI is InChI=1S/C16H19N3O3S/c1-4-22-19-12(2)15-6-5-14(23(20,21)17-3)11-16(15)13-7-9-18-10-8-13/h5-11,17H,4H2,1-3H3. The molecule has 6 nitrogen and oxygen atoms in total. The summed E-state index contributed by atoms with van der Waals surface area (Å²) in [4.78, 5) is 9.30. The van der Waals surface area contributed by atoms with Crippen LogP contribution < -0.4 is 4.72 Å². The molecule has 0 saturated heterocycles. The predicted octanol–water partition coefficient (Wildman–Crippen LogP) is 2.42. The van der Waals surface area contributed by atoms with Crippen LogP contribution in [0.3, 0.4) is 0 Å². The maximum Gasteiger partial charge on any atom is 0.240 e. The van der Waals surface area contributed by atoms with Crippen LogP contribution in [-0.2, 0) is 14.9 Å². The number of aromatic nitrogens is 1. The maximum atomic E-state index is 12.1. The van der Waals surface area contributed by atoms with E-state index in [4.69, 9.17) is 4.84 Å². The van der Waals surface area contributed by atoms with Gasteiger partial charge in [0.2, 0.25) is 10.0 Å². The number of pyridine rings is 1. The number of oxime groups is 1. The van der Waals surface area contributed by atoms with Crippen LogP contribution in [0.1, 0.15) is 19.4 Å². The van der Waals surface area contributed by atoms with Gasteiger partial charge in [-0.1, -0.05) is 11.2 Å². The van der Waals surface area contributed by atoms with Crippen LogP contribution in [-0.4, -0.2) is 32.8 Å². The highest BCUT2D eigenvalue weighted by atomic mass is 32.2. The van der Waals surface area contributed by atoms with Gasteiger partial charge in [0, 0.05) is 18.0 Å². The van der Waals surface area contributed by atoms with Crippen LogP contribution in [0, 0.1) is 0 Å². The Hall–Kier alpha value is -2.25. The highest BCUT2D eigenvalue weighted by molar-refractivity contribution is 7.89. The first-order valence-electron chi connectivity index (χ1n) is 7.14. The summed E-state index contributed by atoms with van der Waals surface area (Å²) in [6.07, 6.45) is 3.32. The molecule has 0 bridgehead atoms. The average Bonchev–Trinajstić information content (AvgIpc) is 2.59. The largest absolute Gasteiger partial charge is 0.396 e. The lowest BCUT2D eigenvalue weighted by Gasteiger charge is -2.12. The number of sulfonamides is 1. The molecule has 1 aromatic heterocycles. The van der Waals surface area contributed by atoms with Crippen molar-refractivity contribution in [1.29, 1.82) is 0 Å². The lowest BCUT2D eigenvalue weighted by Crippen LogP contribution is -2.18. The molecule has 0 radical (unpaired) electrons. The molecule has 7 heteroatoms. The molecule has 0 aliphatic rings. The summed E-state index contributed by atoms with van der Waals surface area (Å²) in [5, 5.41) is 4.05. The van der Waals surface area contributed by atoms with E-state index in [1.165, 1.54) is 7.05 Å². The molecule has 2 aromatic rings. The molecule has 23 heavy (non-hydrogen) atoms. The molecule has 0 saturated carbocycles. The first-order chi connectivity index (χ1) is 11.0. The number of hydrogen-bond donors (Lipinski definition) is 1. The van der Waals surface area contributed by atoms with E-state index < -0.39 is 10.0 Å². The molecule has 0 spiro atoms. The van der Waals surface area contributed by atoms with Crippen LogP contribution in [0.25, 0.3) is 11.1 Å². The Labute approximate surface area is 136 Å². The van der Waals surface area contributed by atoms with E-state index in [0.29, 0.717) is 12.3 Å². The molecule has 0 unspecified atom stereocenters. The fourth-order valence-electron chi connectivity index (χ4n) is 2.10. The fraction of sp³-hybridized carbons (Fsp3) is 0.250. The number of rotatable bonds is 6. The van der Waals surface area contributed by atoms with Gasteiger partial charge in [-0.05, 0) is 56.3 Å². The first kappa shape index (κ1) is 17.1. The second-order valence-electron chi connectivity index (χ2n) is 4.75. The van der Waals surface area contributed by atoms with Crippen molar-refractivity contribution in [3.05, 3.63) is 48.3 Å². The van der Waals surface area contributed by atoms with Crippen molar-refractivity contribution >= 4 is 15.7 Å². The van der Waals surface area contributed by atoms with Crippen molar-refractivity contribution in [2.45, 2.75) is 18.7 Å². The van der Waals surface area contributed by atoms with Crippen LogP contribution >= 0.6 is 0 Å². The van der Waals surface area contributed by atoms with E-state index in [2.05, 4.69) is 14.9 Å². The topological polar surface area (TPSA) is 80.6 Å². The van der Waals surface area contributed by atoms with Gasteiger partial charge in [0.25, 0.3) is 0 Å². The molecule has 0 fully saturated rings. The normalized spacial score (nSPS) is 12.2. The molecule has 0 aliphatic carbocycles. The molecule has 0 atom stereocenters. The summed E-state index contributed by atoms with van der Waals surface area (Å²) in [6, 6.07) is 8.56. The van der Waals surface area contributed by atoms with E-state index in [9.17, 15) is 8.42 Å². The third kappa shape index (κ3) is 3.94. The lowest BCUT2D eigenvalue weighted by molar-refractivity contribution is 0.159. The van der Waals surface area contributed by atoms with E-state index in [1.54, 1.807) is 30.6 Å². The zero-order valence-electron chi connectivity index (χ0n) is 13.3. The van der Waals surface area contributed by atoms with Crippen LogP contribution in [0.4, 0.5) is 0 Å². The Balaban J connectivity index is 2.64. The summed E-state index contributed by atoms with van der Waals surface area (Å²) in [6.45, 7) is 4.14. The molecule has 1 aromatic carbocycles. The smallest absolute Gasteiger partial charge is 0.240 e. The maximum absolute atomic E-state index is 12.1. The monoisotopic (exact) mass is 333 g/mol. The van der Waals surface area contributed by atoms with Crippen LogP contribution in [0.2, 0.25) is 0 Å². The van der Waals surface area contributed by atoms with Gasteiger partial charge < -0.3 is 4.84 Å².